The van der Waals surface area contributed by atoms with E-state index in [2.05, 4.69) is 5.32 Å². The average Bonchev–Trinajstić information content (AvgIpc) is 2.86. The smallest absolute Gasteiger partial charge is 0.326 e. The minimum atomic E-state index is -1.07. The van der Waals surface area contributed by atoms with Gasteiger partial charge < -0.3 is 10.4 Å². The summed E-state index contributed by atoms with van der Waals surface area (Å²) in [6.45, 7) is 3.96. The number of likely N-dealkylation sites (tertiary alicyclic amines) is 1. The minimum absolute atomic E-state index is 0.138. The largest absolute Gasteiger partial charge is 0.480 e. The molecule has 3 amide bonds. The van der Waals surface area contributed by atoms with Gasteiger partial charge in [0.2, 0.25) is 11.8 Å². The highest BCUT2D eigenvalue weighted by molar-refractivity contribution is 6.01. The lowest BCUT2D eigenvalue weighted by atomic mass is 10.0. The summed E-state index contributed by atoms with van der Waals surface area (Å²) >= 11 is 0. The van der Waals surface area contributed by atoms with Gasteiger partial charge in [-0.05, 0) is 30.0 Å². The van der Waals surface area contributed by atoms with Crippen molar-refractivity contribution in [3.63, 3.8) is 0 Å². The Morgan fingerprint density at radius 3 is 2.16 bits per heavy atom. The van der Waals surface area contributed by atoms with Crippen LogP contribution in [0.4, 0.5) is 0 Å². The Morgan fingerprint density at radius 1 is 1.12 bits per heavy atom. The van der Waals surface area contributed by atoms with Crippen molar-refractivity contribution >= 4 is 23.7 Å². The molecule has 0 radical (unpaired) electrons. The highest BCUT2D eigenvalue weighted by Gasteiger charge is 2.28. The zero-order valence-corrected chi connectivity index (χ0v) is 14.3. The van der Waals surface area contributed by atoms with E-state index in [4.69, 9.17) is 0 Å². The van der Waals surface area contributed by atoms with E-state index >= 15 is 0 Å². The van der Waals surface area contributed by atoms with Crippen LogP contribution in [0, 0.1) is 5.92 Å². The number of carbonyl (C=O) groups excluding carboxylic acids is 3. The summed E-state index contributed by atoms with van der Waals surface area (Å²) in [4.78, 5) is 47.9. The lowest BCUT2D eigenvalue weighted by Gasteiger charge is -2.17. The average molecular weight is 346 g/mol. The molecule has 1 saturated heterocycles. The van der Waals surface area contributed by atoms with Crippen molar-refractivity contribution in [1.29, 1.82) is 0 Å². The van der Waals surface area contributed by atoms with Crippen molar-refractivity contribution in [1.82, 2.24) is 10.2 Å². The number of aliphatic carboxylic acids is 1. The van der Waals surface area contributed by atoms with Crippen molar-refractivity contribution in [2.24, 2.45) is 5.92 Å². The molecule has 0 aromatic heterocycles. The van der Waals surface area contributed by atoms with E-state index in [1.165, 1.54) is 4.90 Å². The predicted molar refractivity (Wildman–Crippen MR) is 89.6 cm³/mol. The first-order valence-electron chi connectivity index (χ1n) is 8.23. The second kappa shape index (κ2) is 7.92. The molecule has 0 bridgehead atoms. The third-order valence-electron chi connectivity index (χ3n) is 4.02. The highest BCUT2D eigenvalue weighted by Crippen LogP contribution is 2.16. The van der Waals surface area contributed by atoms with Gasteiger partial charge in [0.15, 0.2) is 0 Å². The first kappa shape index (κ1) is 18.6. The zero-order valence-electron chi connectivity index (χ0n) is 14.3. The second-order valence-corrected chi connectivity index (χ2v) is 6.56. The van der Waals surface area contributed by atoms with Crippen molar-refractivity contribution in [2.45, 2.75) is 45.7 Å². The van der Waals surface area contributed by atoms with Gasteiger partial charge in [0.1, 0.15) is 6.04 Å². The Balaban J connectivity index is 2.01. The summed E-state index contributed by atoms with van der Waals surface area (Å²) in [5.41, 5.74) is 1.06. The van der Waals surface area contributed by atoms with Gasteiger partial charge >= 0.3 is 5.97 Å². The Hall–Kier alpha value is -2.70. The molecule has 1 aromatic carbocycles. The summed E-state index contributed by atoms with van der Waals surface area (Å²) < 4.78 is 0. The van der Waals surface area contributed by atoms with Gasteiger partial charge in [-0.1, -0.05) is 26.0 Å². The molecule has 7 nitrogen and oxygen atoms in total. The summed E-state index contributed by atoms with van der Waals surface area (Å²) in [6, 6.07) is 5.50. The van der Waals surface area contributed by atoms with Crippen LogP contribution in [0.2, 0.25) is 0 Å². The summed E-state index contributed by atoms with van der Waals surface area (Å²) in [5, 5.41) is 11.7. The number of nitrogens with one attached hydrogen (secondary N) is 1. The maximum Gasteiger partial charge on any atom is 0.326 e. The molecular formula is C18H22N2O5. The normalized spacial score (nSPS) is 15.6. The number of hydrogen-bond donors (Lipinski definition) is 2. The van der Waals surface area contributed by atoms with Crippen molar-refractivity contribution in [2.75, 3.05) is 0 Å². The van der Waals surface area contributed by atoms with Crippen LogP contribution < -0.4 is 5.32 Å². The van der Waals surface area contributed by atoms with Crippen molar-refractivity contribution in [3.05, 3.63) is 35.4 Å². The number of carbonyl (C=O) groups is 4. The molecule has 0 spiro atoms. The van der Waals surface area contributed by atoms with Gasteiger partial charge in [-0.25, -0.2) is 4.79 Å². The van der Waals surface area contributed by atoms with Crippen LogP contribution >= 0.6 is 0 Å². The SMILES string of the molecule is CC(C)C[C@@H](NC(=O)c1ccc(CN2C(=O)CCC2=O)cc1)C(=O)O. The topological polar surface area (TPSA) is 104 Å². The molecular weight excluding hydrogens is 324 g/mol. The summed E-state index contributed by atoms with van der Waals surface area (Å²) in [7, 11) is 0. The standard InChI is InChI=1S/C18H22N2O5/c1-11(2)9-14(18(24)25)19-17(23)13-5-3-12(4-6-13)10-20-15(21)7-8-16(20)22/h3-6,11,14H,7-10H2,1-2H3,(H,19,23)(H,24,25)/t14-/m1/s1. The zero-order chi connectivity index (χ0) is 18.6. The second-order valence-electron chi connectivity index (χ2n) is 6.56. The van der Waals surface area contributed by atoms with Gasteiger partial charge in [-0.2, -0.15) is 0 Å². The molecule has 1 atom stereocenters. The number of amides is 3. The van der Waals surface area contributed by atoms with Crippen LogP contribution in [0.25, 0.3) is 0 Å². The lowest BCUT2D eigenvalue weighted by molar-refractivity contribution is -0.140. The predicted octanol–water partition coefficient (Wildman–Crippen LogP) is 1.56. The van der Waals surface area contributed by atoms with Gasteiger partial charge in [-0.15, -0.1) is 0 Å². The maximum atomic E-state index is 12.2. The van der Waals surface area contributed by atoms with E-state index in [9.17, 15) is 24.3 Å². The van der Waals surface area contributed by atoms with Crippen LogP contribution in [0.3, 0.4) is 0 Å². The monoisotopic (exact) mass is 346 g/mol. The van der Waals surface area contributed by atoms with E-state index < -0.39 is 17.9 Å². The quantitative estimate of drug-likeness (QED) is 0.729. The molecule has 7 heteroatoms. The number of carboxylic acids is 1. The van der Waals surface area contributed by atoms with Crippen LogP contribution in [0.5, 0.6) is 0 Å². The van der Waals surface area contributed by atoms with Gasteiger partial charge in [0, 0.05) is 18.4 Å². The first-order chi connectivity index (χ1) is 11.8. The van der Waals surface area contributed by atoms with E-state index in [-0.39, 0.29) is 37.1 Å². The maximum absolute atomic E-state index is 12.2. The molecule has 0 unspecified atom stereocenters. The fourth-order valence-corrected chi connectivity index (χ4v) is 2.68. The molecule has 0 aliphatic carbocycles. The Kier molecular flexibility index (Phi) is 5.90. The fraction of sp³-hybridized carbons (Fsp3) is 0.444. The number of imide groups is 1. The molecule has 1 fully saturated rings. The van der Waals surface area contributed by atoms with E-state index in [1.807, 2.05) is 13.8 Å². The van der Waals surface area contributed by atoms with Crippen LogP contribution in [-0.2, 0) is 20.9 Å². The third-order valence-corrected chi connectivity index (χ3v) is 4.02. The van der Waals surface area contributed by atoms with Crippen molar-refractivity contribution in [3.8, 4) is 0 Å². The number of nitrogens with zero attached hydrogens (tertiary/aromatic N) is 1. The third kappa shape index (κ3) is 4.89. The molecule has 1 aliphatic heterocycles. The van der Waals surface area contributed by atoms with Gasteiger partial charge in [-0.3, -0.25) is 19.3 Å². The summed E-state index contributed by atoms with van der Waals surface area (Å²) in [6.07, 6.45) is 0.829. The summed E-state index contributed by atoms with van der Waals surface area (Å²) in [5.74, 6) is -1.77. The molecule has 1 aliphatic rings. The Bertz CT molecular complexity index is 665. The highest BCUT2D eigenvalue weighted by atomic mass is 16.4. The van der Waals surface area contributed by atoms with Crippen LogP contribution in [0.15, 0.2) is 24.3 Å². The first-order valence-corrected chi connectivity index (χ1v) is 8.23. The molecule has 2 rings (SSSR count). The molecule has 25 heavy (non-hydrogen) atoms. The molecule has 1 heterocycles. The van der Waals surface area contributed by atoms with Gasteiger partial charge in [0.05, 0.1) is 6.54 Å². The van der Waals surface area contributed by atoms with Crippen LogP contribution in [-0.4, -0.2) is 39.7 Å². The number of hydrogen-bond acceptors (Lipinski definition) is 4. The Labute approximate surface area is 146 Å². The number of carboxylic acid groups (broad SMARTS) is 1. The molecule has 0 saturated carbocycles. The number of benzene rings is 1. The van der Waals surface area contributed by atoms with E-state index in [0.29, 0.717) is 12.0 Å². The Morgan fingerprint density at radius 2 is 1.68 bits per heavy atom. The van der Waals surface area contributed by atoms with Gasteiger partial charge in [0.25, 0.3) is 5.91 Å². The molecule has 134 valence electrons. The molecule has 1 aromatic rings. The van der Waals surface area contributed by atoms with Crippen molar-refractivity contribution < 1.29 is 24.3 Å². The molecule has 2 N–H and O–H groups in total. The fourth-order valence-electron chi connectivity index (χ4n) is 2.68. The minimum Gasteiger partial charge on any atom is -0.480 e. The van der Waals surface area contributed by atoms with E-state index in [0.717, 1.165) is 5.56 Å². The number of rotatable bonds is 7. The van der Waals surface area contributed by atoms with E-state index in [1.54, 1.807) is 24.3 Å². The lowest BCUT2D eigenvalue weighted by Crippen LogP contribution is -2.41. The van der Waals surface area contributed by atoms with Crippen LogP contribution in [0.1, 0.15) is 49.0 Å².